The lowest BCUT2D eigenvalue weighted by atomic mass is 10.3. The molecule has 0 radical (unpaired) electrons. The minimum absolute atomic E-state index is 0.0539. The van der Waals surface area contributed by atoms with Crippen molar-refractivity contribution >= 4 is 17.3 Å². The van der Waals surface area contributed by atoms with E-state index in [1.807, 2.05) is 24.3 Å². The van der Waals surface area contributed by atoms with E-state index in [0.29, 0.717) is 0 Å². The van der Waals surface area contributed by atoms with Crippen LogP contribution in [-0.2, 0) is 4.79 Å². The van der Waals surface area contributed by atoms with Crippen molar-refractivity contribution in [3.8, 4) is 0 Å². The summed E-state index contributed by atoms with van der Waals surface area (Å²) in [4.78, 5) is 10.6. The van der Waals surface area contributed by atoms with Crippen molar-refractivity contribution < 1.29 is 10.5 Å². The predicted molar refractivity (Wildman–Crippen MR) is 43.3 cm³/mol. The Balaban J connectivity index is 2.74. The van der Waals surface area contributed by atoms with Crippen LogP contribution in [0.1, 0.15) is 6.92 Å². The van der Waals surface area contributed by atoms with Crippen LogP contribution in [0.3, 0.4) is 0 Å². The van der Waals surface area contributed by atoms with Gasteiger partial charge in [0.1, 0.15) is 5.69 Å². The molecule has 1 rings (SSSR count). The SMILES string of the molecule is CC(=O)Nc1ccc([NH3+])cc1. The zero-order valence-electron chi connectivity index (χ0n) is 6.42. The molecule has 0 atom stereocenters. The molecule has 4 N–H and O–H groups in total. The number of carbonyl (C=O) groups is 1. The molecule has 3 heteroatoms. The fourth-order valence-corrected chi connectivity index (χ4v) is 0.791. The molecule has 1 aromatic rings. The van der Waals surface area contributed by atoms with Gasteiger partial charge >= 0.3 is 0 Å². The topological polar surface area (TPSA) is 56.7 Å². The number of benzene rings is 1. The number of carbonyl (C=O) groups excluding carboxylic acids is 1. The summed E-state index contributed by atoms with van der Waals surface area (Å²) in [5, 5.41) is 2.67. The van der Waals surface area contributed by atoms with Gasteiger partial charge < -0.3 is 11.1 Å². The minimum Gasteiger partial charge on any atom is -0.326 e. The fraction of sp³-hybridized carbons (Fsp3) is 0.125. The first-order valence-corrected chi connectivity index (χ1v) is 3.38. The monoisotopic (exact) mass is 151 g/mol. The number of anilines is 1. The van der Waals surface area contributed by atoms with Crippen LogP contribution in [0.25, 0.3) is 0 Å². The first-order valence-electron chi connectivity index (χ1n) is 3.38. The number of amides is 1. The Bertz CT molecular complexity index is 253. The van der Waals surface area contributed by atoms with Crippen LogP contribution in [0.2, 0.25) is 0 Å². The summed E-state index contributed by atoms with van der Waals surface area (Å²) in [6.07, 6.45) is 0. The molecule has 11 heavy (non-hydrogen) atoms. The molecular formula is C8H11N2O+. The molecule has 58 valence electrons. The molecule has 0 saturated carbocycles. The molecule has 0 spiro atoms. The molecule has 0 fully saturated rings. The summed E-state index contributed by atoms with van der Waals surface area (Å²) in [6.45, 7) is 1.48. The van der Waals surface area contributed by atoms with Gasteiger partial charge in [0.15, 0.2) is 0 Å². The lowest BCUT2D eigenvalue weighted by Crippen LogP contribution is -2.39. The number of hydrogen-bond donors (Lipinski definition) is 2. The Kier molecular flexibility index (Phi) is 2.23. The van der Waals surface area contributed by atoms with E-state index >= 15 is 0 Å². The van der Waals surface area contributed by atoms with E-state index in [2.05, 4.69) is 11.1 Å². The van der Waals surface area contributed by atoms with Crippen LogP contribution in [0, 0.1) is 0 Å². The molecule has 0 heterocycles. The Morgan fingerprint density at radius 1 is 1.36 bits per heavy atom. The zero-order chi connectivity index (χ0) is 8.27. The summed E-state index contributed by atoms with van der Waals surface area (Å²) in [5.41, 5.74) is 5.48. The Hall–Kier alpha value is -1.35. The second-order valence-corrected chi connectivity index (χ2v) is 2.38. The van der Waals surface area contributed by atoms with Gasteiger partial charge in [-0.1, -0.05) is 0 Å². The quantitative estimate of drug-likeness (QED) is 0.604. The smallest absolute Gasteiger partial charge is 0.221 e. The van der Waals surface area contributed by atoms with Crippen molar-refractivity contribution in [3.63, 3.8) is 0 Å². The number of nitrogens with one attached hydrogen (secondary N) is 1. The van der Waals surface area contributed by atoms with Crippen molar-refractivity contribution in [2.45, 2.75) is 6.92 Å². The molecule has 3 nitrogen and oxygen atoms in total. The van der Waals surface area contributed by atoms with Crippen LogP contribution >= 0.6 is 0 Å². The van der Waals surface area contributed by atoms with Gasteiger partial charge in [-0.15, -0.1) is 0 Å². The summed E-state index contributed by atoms with van der Waals surface area (Å²) in [7, 11) is 0. The molecule has 1 aromatic carbocycles. The van der Waals surface area contributed by atoms with Gasteiger partial charge in [-0.2, -0.15) is 0 Å². The van der Waals surface area contributed by atoms with Crippen molar-refractivity contribution in [2.24, 2.45) is 0 Å². The highest BCUT2D eigenvalue weighted by Crippen LogP contribution is 2.08. The van der Waals surface area contributed by atoms with E-state index in [-0.39, 0.29) is 5.91 Å². The first-order chi connectivity index (χ1) is 5.18. The Morgan fingerprint density at radius 2 is 1.91 bits per heavy atom. The largest absolute Gasteiger partial charge is 0.326 e. The second-order valence-electron chi connectivity index (χ2n) is 2.38. The van der Waals surface area contributed by atoms with E-state index < -0.39 is 0 Å². The fourth-order valence-electron chi connectivity index (χ4n) is 0.791. The van der Waals surface area contributed by atoms with Crippen molar-refractivity contribution in [1.82, 2.24) is 0 Å². The first kappa shape index (κ1) is 7.75. The lowest BCUT2D eigenvalue weighted by molar-refractivity contribution is -0.254. The molecule has 0 aliphatic carbocycles. The molecule has 0 aliphatic rings. The van der Waals surface area contributed by atoms with Gasteiger partial charge in [-0.05, 0) is 12.1 Å². The van der Waals surface area contributed by atoms with Gasteiger partial charge in [-0.3, -0.25) is 4.79 Å². The van der Waals surface area contributed by atoms with Crippen molar-refractivity contribution in [3.05, 3.63) is 24.3 Å². The Labute approximate surface area is 65.2 Å². The van der Waals surface area contributed by atoms with Crippen molar-refractivity contribution in [1.29, 1.82) is 0 Å². The maximum absolute atomic E-state index is 10.6. The summed E-state index contributed by atoms with van der Waals surface area (Å²) in [6, 6.07) is 7.35. The van der Waals surface area contributed by atoms with Gasteiger partial charge in [0.25, 0.3) is 0 Å². The molecule has 1 amide bonds. The van der Waals surface area contributed by atoms with Crippen LogP contribution in [-0.4, -0.2) is 5.91 Å². The molecule has 0 bridgehead atoms. The zero-order valence-corrected chi connectivity index (χ0v) is 6.42. The van der Waals surface area contributed by atoms with Gasteiger partial charge in [0.05, 0.1) is 0 Å². The van der Waals surface area contributed by atoms with Crippen LogP contribution in [0.5, 0.6) is 0 Å². The lowest BCUT2D eigenvalue weighted by Gasteiger charge is -1.99. The third kappa shape index (κ3) is 2.39. The number of rotatable bonds is 1. The standard InChI is InChI=1S/C8H10N2O/c1-6(11)10-8-4-2-7(9)3-5-8/h2-5H,9H2,1H3,(H,10,11)/p+1. The van der Waals surface area contributed by atoms with E-state index in [4.69, 9.17) is 0 Å². The number of quaternary nitrogens is 1. The summed E-state index contributed by atoms with van der Waals surface area (Å²) >= 11 is 0. The molecule has 0 unspecified atom stereocenters. The maximum atomic E-state index is 10.6. The second kappa shape index (κ2) is 3.16. The highest BCUT2D eigenvalue weighted by atomic mass is 16.1. The van der Waals surface area contributed by atoms with Gasteiger partial charge in [0, 0.05) is 24.7 Å². The highest BCUT2D eigenvalue weighted by Gasteiger charge is 1.94. The third-order valence-corrected chi connectivity index (χ3v) is 1.27. The average Bonchev–Trinajstić information content (AvgIpc) is 1.93. The molecule has 0 saturated heterocycles. The van der Waals surface area contributed by atoms with E-state index in [1.54, 1.807) is 0 Å². The normalized spacial score (nSPS) is 9.27. The van der Waals surface area contributed by atoms with Crippen LogP contribution in [0.15, 0.2) is 24.3 Å². The van der Waals surface area contributed by atoms with E-state index in [0.717, 1.165) is 11.4 Å². The molecular weight excluding hydrogens is 140 g/mol. The minimum atomic E-state index is -0.0539. The Morgan fingerprint density at radius 3 is 2.36 bits per heavy atom. The highest BCUT2D eigenvalue weighted by molar-refractivity contribution is 5.88. The molecule has 0 aliphatic heterocycles. The number of hydrogen-bond acceptors (Lipinski definition) is 1. The van der Waals surface area contributed by atoms with E-state index in [9.17, 15) is 4.79 Å². The third-order valence-electron chi connectivity index (χ3n) is 1.27. The van der Waals surface area contributed by atoms with Crippen molar-refractivity contribution in [2.75, 3.05) is 5.32 Å². The van der Waals surface area contributed by atoms with Crippen LogP contribution < -0.4 is 11.1 Å². The van der Waals surface area contributed by atoms with Gasteiger partial charge in [-0.25, -0.2) is 0 Å². The molecule has 0 aromatic heterocycles. The van der Waals surface area contributed by atoms with E-state index in [1.165, 1.54) is 6.92 Å². The maximum Gasteiger partial charge on any atom is 0.221 e. The van der Waals surface area contributed by atoms with Crippen LogP contribution in [0.4, 0.5) is 11.4 Å². The predicted octanol–water partition coefficient (Wildman–Crippen LogP) is 0.518. The summed E-state index contributed by atoms with van der Waals surface area (Å²) in [5.74, 6) is -0.0539. The summed E-state index contributed by atoms with van der Waals surface area (Å²) < 4.78 is 0. The average molecular weight is 151 g/mol. The van der Waals surface area contributed by atoms with Gasteiger partial charge in [0.2, 0.25) is 5.91 Å².